The molecule has 0 aliphatic carbocycles. The Kier molecular flexibility index (Phi) is 7.25. The Morgan fingerprint density at radius 3 is 2.75 bits per heavy atom. The predicted octanol–water partition coefficient (Wildman–Crippen LogP) is 0.187. The van der Waals surface area contributed by atoms with E-state index >= 15 is 0 Å². The molecule has 16 heavy (non-hydrogen) atoms. The monoisotopic (exact) mass is 343 g/mol. The summed E-state index contributed by atoms with van der Waals surface area (Å²) in [6.45, 7) is 6.33. The first-order valence-corrected chi connectivity index (χ1v) is 5.23. The number of aliphatic hydroxyl groups excluding tert-OH is 1. The molecule has 0 aromatic rings. The van der Waals surface area contributed by atoms with Crippen LogP contribution in [-0.4, -0.2) is 50.5 Å². The molecular formula is C10H22IN3O2. The second kappa shape index (κ2) is 7.29. The molecule has 0 aromatic carbocycles. The summed E-state index contributed by atoms with van der Waals surface area (Å²) in [5.74, 6) is 0.796. The van der Waals surface area contributed by atoms with Gasteiger partial charge in [-0.1, -0.05) is 13.8 Å². The highest BCUT2D eigenvalue weighted by Gasteiger charge is 2.19. The Labute approximate surface area is 114 Å². The van der Waals surface area contributed by atoms with Gasteiger partial charge in [-0.3, -0.25) is 4.99 Å². The number of ether oxygens (including phenoxy) is 1. The smallest absolute Gasteiger partial charge is 0.191 e. The fourth-order valence-corrected chi connectivity index (χ4v) is 1.18. The summed E-state index contributed by atoms with van der Waals surface area (Å²) >= 11 is 0. The van der Waals surface area contributed by atoms with Crippen LogP contribution in [0.25, 0.3) is 0 Å². The van der Waals surface area contributed by atoms with Crippen LogP contribution in [0.1, 0.15) is 13.8 Å². The Bertz CT molecular complexity index is 234. The largest absolute Gasteiger partial charge is 0.396 e. The molecule has 0 fully saturated rings. The van der Waals surface area contributed by atoms with E-state index in [0.717, 1.165) is 12.5 Å². The molecule has 1 aliphatic heterocycles. The molecule has 1 atom stereocenters. The minimum Gasteiger partial charge on any atom is -0.396 e. The number of aliphatic hydroxyl groups is 1. The first-order chi connectivity index (χ1) is 7.07. The highest BCUT2D eigenvalue weighted by molar-refractivity contribution is 14.0. The lowest BCUT2D eigenvalue weighted by Gasteiger charge is -2.26. The Balaban J connectivity index is 0.00000225. The Hall–Kier alpha value is -0.0800. The van der Waals surface area contributed by atoms with Crippen LogP contribution in [0.15, 0.2) is 4.99 Å². The molecule has 0 aromatic heterocycles. The lowest BCUT2D eigenvalue weighted by molar-refractivity contribution is 0.108. The maximum atomic E-state index is 9.08. The van der Waals surface area contributed by atoms with E-state index < -0.39 is 0 Å². The number of hydrogen-bond donors (Lipinski definition) is 3. The van der Waals surface area contributed by atoms with Gasteiger partial charge in [-0.25, -0.2) is 0 Å². The van der Waals surface area contributed by atoms with Crippen molar-refractivity contribution in [1.82, 2.24) is 10.6 Å². The van der Waals surface area contributed by atoms with Crippen molar-refractivity contribution in [2.75, 3.05) is 33.4 Å². The molecule has 1 heterocycles. The van der Waals surface area contributed by atoms with E-state index in [1.165, 1.54) is 0 Å². The van der Waals surface area contributed by atoms with Gasteiger partial charge in [0, 0.05) is 32.2 Å². The predicted molar refractivity (Wildman–Crippen MR) is 75.4 cm³/mol. The lowest BCUT2D eigenvalue weighted by Crippen LogP contribution is -2.49. The van der Waals surface area contributed by atoms with E-state index in [0.29, 0.717) is 13.1 Å². The van der Waals surface area contributed by atoms with Crippen LogP contribution in [0.4, 0.5) is 0 Å². The van der Waals surface area contributed by atoms with Crippen molar-refractivity contribution in [3.05, 3.63) is 0 Å². The summed E-state index contributed by atoms with van der Waals surface area (Å²) < 4.78 is 5.17. The number of methoxy groups -OCH3 is 1. The minimum absolute atomic E-state index is 0. The molecule has 0 saturated carbocycles. The number of nitrogens with zero attached hydrogens (tertiary/aromatic N) is 1. The van der Waals surface area contributed by atoms with Crippen LogP contribution in [0.3, 0.4) is 0 Å². The van der Waals surface area contributed by atoms with Gasteiger partial charge >= 0.3 is 0 Å². The zero-order valence-electron chi connectivity index (χ0n) is 10.1. The van der Waals surface area contributed by atoms with Crippen molar-refractivity contribution in [3.8, 4) is 0 Å². The molecule has 96 valence electrons. The average Bonchev–Trinajstić information content (AvgIpc) is 2.27. The standard InChI is InChI=1S/C10H21N3O2.HI/c1-10(2,7-14)6-13-9-11-4-8(15-3)5-12-9;/h8,14H,4-7H2,1-3H3,(H2,11,12,13);1H. The van der Waals surface area contributed by atoms with Gasteiger partial charge in [0.15, 0.2) is 5.96 Å². The molecule has 5 nitrogen and oxygen atoms in total. The van der Waals surface area contributed by atoms with Gasteiger partial charge in [-0.05, 0) is 0 Å². The fraction of sp³-hybridized carbons (Fsp3) is 0.900. The number of hydrogen-bond acceptors (Lipinski definition) is 5. The SMILES string of the molecule is COC1CN=C(NCC(C)(C)CO)NC1.I. The summed E-state index contributed by atoms with van der Waals surface area (Å²) in [7, 11) is 1.69. The van der Waals surface area contributed by atoms with Gasteiger partial charge < -0.3 is 20.5 Å². The molecule has 0 amide bonds. The van der Waals surface area contributed by atoms with Crippen molar-refractivity contribution < 1.29 is 9.84 Å². The van der Waals surface area contributed by atoms with Crippen molar-refractivity contribution in [2.24, 2.45) is 10.4 Å². The Morgan fingerprint density at radius 2 is 2.31 bits per heavy atom. The van der Waals surface area contributed by atoms with E-state index in [-0.39, 0.29) is 42.1 Å². The molecule has 1 unspecified atom stereocenters. The minimum atomic E-state index is -0.123. The molecule has 0 saturated heterocycles. The van der Waals surface area contributed by atoms with E-state index in [1.807, 2.05) is 13.8 Å². The number of guanidine groups is 1. The van der Waals surface area contributed by atoms with E-state index in [1.54, 1.807) is 7.11 Å². The van der Waals surface area contributed by atoms with E-state index in [9.17, 15) is 0 Å². The molecule has 6 heteroatoms. The summed E-state index contributed by atoms with van der Waals surface area (Å²) in [6.07, 6.45) is 0.168. The zero-order valence-corrected chi connectivity index (χ0v) is 12.4. The molecule has 1 rings (SSSR count). The number of halogens is 1. The van der Waals surface area contributed by atoms with E-state index in [2.05, 4.69) is 15.6 Å². The summed E-state index contributed by atoms with van der Waals surface area (Å²) in [4.78, 5) is 4.31. The summed E-state index contributed by atoms with van der Waals surface area (Å²) in [6, 6.07) is 0. The summed E-state index contributed by atoms with van der Waals surface area (Å²) in [5, 5.41) is 15.4. The molecule has 0 bridgehead atoms. The van der Waals surface area contributed by atoms with E-state index in [4.69, 9.17) is 9.84 Å². The molecular weight excluding hydrogens is 321 g/mol. The highest BCUT2D eigenvalue weighted by Crippen LogP contribution is 2.11. The van der Waals surface area contributed by atoms with Crippen LogP contribution < -0.4 is 10.6 Å². The van der Waals surface area contributed by atoms with Crippen LogP contribution in [-0.2, 0) is 4.74 Å². The van der Waals surface area contributed by atoms with Gasteiger partial charge in [0.05, 0.1) is 12.6 Å². The van der Waals surface area contributed by atoms with Gasteiger partial charge in [0.25, 0.3) is 0 Å². The first-order valence-electron chi connectivity index (χ1n) is 5.23. The summed E-state index contributed by atoms with van der Waals surface area (Å²) in [5.41, 5.74) is -0.123. The second-order valence-electron chi connectivity index (χ2n) is 4.60. The van der Waals surface area contributed by atoms with Gasteiger partial charge in [-0.15, -0.1) is 24.0 Å². The van der Waals surface area contributed by atoms with Crippen LogP contribution >= 0.6 is 24.0 Å². The fourth-order valence-electron chi connectivity index (χ4n) is 1.18. The maximum Gasteiger partial charge on any atom is 0.191 e. The Morgan fingerprint density at radius 1 is 1.62 bits per heavy atom. The number of aliphatic imine (C=N–C) groups is 1. The number of rotatable bonds is 4. The quantitative estimate of drug-likeness (QED) is 0.638. The lowest BCUT2D eigenvalue weighted by atomic mass is 9.95. The molecule has 0 radical (unpaired) electrons. The van der Waals surface area contributed by atoms with Gasteiger partial charge in [-0.2, -0.15) is 0 Å². The average molecular weight is 343 g/mol. The maximum absolute atomic E-state index is 9.08. The van der Waals surface area contributed by atoms with Crippen LogP contribution in [0, 0.1) is 5.41 Å². The number of nitrogens with one attached hydrogen (secondary N) is 2. The molecule has 1 aliphatic rings. The zero-order chi connectivity index (χ0) is 11.3. The third-order valence-electron chi connectivity index (χ3n) is 2.45. The van der Waals surface area contributed by atoms with Crippen LogP contribution in [0.5, 0.6) is 0 Å². The van der Waals surface area contributed by atoms with Crippen molar-refractivity contribution in [2.45, 2.75) is 20.0 Å². The third-order valence-corrected chi connectivity index (χ3v) is 2.45. The highest BCUT2D eigenvalue weighted by atomic mass is 127. The van der Waals surface area contributed by atoms with Crippen molar-refractivity contribution in [1.29, 1.82) is 0 Å². The topological polar surface area (TPSA) is 65.9 Å². The van der Waals surface area contributed by atoms with Gasteiger partial charge in [0.1, 0.15) is 0 Å². The van der Waals surface area contributed by atoms with Crippen LogP contribution in [0.2, 0.25) is 0 Å². The molecule has 3 N–H and O–H groups in total. The normalized spacial score (nSPS) is 20.5. The second-order valence-corrected chi connectivity index (χ2v) is 4.60. The van der Waals surface area contributed by atoms with Gasteiger partial charge in [0.2, 0.25) is 0 Å². The first kappa shape index (κ1) is 15.9. The van der Waals surface area contributed by atoms with Crippen molar-refractivity contribution in [3.63, 3.8) is 0 Å². The third kappa shape index (κ3) is 5.31. The molecule has 0 spiro atoms. The van der Waals surface area contributed by atoms with Crippen molar-refractivity contribution >= 4 is 29.9 Å².